The molecule has 0 spiro atoms. The van der Waals surface area contributed by atoms with Gasteiger partial charge in [0.05, 0.1) is 18.8 Å². The van der Waals surface area contributed by atoms with Crippen LogP contribution in [0.2, 0.25) is 0 Å². The average Bonchev–Trinajstić information content (AvgIpc) is 3.26. The Morgan fingerprint density at radius 2 is 0.721 bits per heavy atom. The topological polar surface area (TPSA) is 69.6 Å². The summed E-state index contributed by atoms with van der Waals surface area (Å²) in [5, 5.41) is 23.3. The number of allylic oxidation sites excluding steroid dienone is 8. The number of aliphatic hydroxyl groups is 2. The lowest BCUT2D eigenvalue weighted by molar-refractivity contribution is -0.123. The average molecular weight is 854 g/mol. The van der Waals surface area contributed by atoms with Gasteiger partial charge in [-0.2, -0.15) is 0 Å². The molecule has 0 aromatic heterocycles. The summed E-state index contributed by atoms with van der Waals surface area (Å²) < 4.78 is 0. The van der Waals surface area contributed by atoms with Crippen LogP contribution in [0.5, 0.6) is 0 Å². The van der Waals surface area contributed by atoms with Crippen molar-refractivity contribution in [3.8, 4) is 0 Å². The van der Waals surface area contributed by atoms with Crippen LogP contribution in [-0.4, -0.2) is 34.9 Å². The van der Waals surface area contributed by atoms with Crippen molar-refractivity contribution in [2.45, 2.75) is 302 Å². The van der Waals surface area contributed by atoms with Crippen molar-refractivity contribution >= 4 is 5.91 Å². The van der Waals surface area contributed by atoms with E-state index in [1.165, 1.54) is 212 Å². The number of hydrogen-bond donors (Lipinski definition) is 3. The Balaban J connectivity index is 3.46. The highest BCUT2D eigenvalue weighted by Crippen LogP contribution is 2.17. The van der Waals surface area contributed by atoms with E-state index in [-0.39, 0.29) is 12.5 Å². The second-order valence-electron chi connectivity index (χ2n) is 18.6. The van der Waals surface area contributed by atoms with Crippen LogP contribution < -0.4 is 5.32 Å². The number of unbranched alkanes of at least 4 members (excludes halogenated alkanes) is 35. The summed E-state index contributed by atoms with van der Waals surface area (Å²) in [4.78, 5) is 12.5. The van der Waals surface area contributed by atoms with Gasteiger partial charge in [-0.25, -0.2) is 0 Å². The first-order valence-electron chi connectivity index (χ1n) is 27.3. The first-order chi connectivity index (χ1) is 30.2. The maximum atomic E-state index is 12.5. The summed E-state index contributed by atoms with van der Waals surface area (Å²) in [6, 6.07) is -0.538. The van der Waals surface area contributed by atoms with Crippen LogP contribution in [-0.2, 0) is 4.79 Å². The summed E-state index contributed by atoms with van der Waals surface area (Å²) in [5.41, 5.74) is 0. The lowest BCUT2D eigenvalue weighted by Crippen LogP contribution is -2.45. The largest absolute Gasteiger partial charge is 0.394 e. The van der Waals surface area contributed by atoms with Crippen molar-refractivity contribution in [3.63, 3.8) is 0 Å². The van der Waals surface area contributed by atoms with Gasteiger partial charge >= 0.3 is 0 Å². The number of aliphatic hydroxyl groups excluding tert-OH is 2. The highest BCUT2D eigenvalue weighted by molar-refractivity contribution is 5.76. The van der Waals surface area contributed by atoms with E-state index in [0.29, 0.717) is 12.8 Å². The molecule has 0 heterocycles. The molecule has 0 saturated heterocycles. The normalized spacial score (nSPS) is 13.2. The van der Waals surface area contributed by atoms with Gasteiger partial charge in [0, 0.05) is 6.42 Å². The lowest BCUT2D eigenvalue weighted by Gasteiger charge is -2.22. The first kappa shape index (κ1) is 59.4. The van der Waals surface area contributed by atoms with Crippen molar-refractivity contribution in [2.24, 2.45) is 0 Å². The van der Waals surface area contributed by atoms with E-state index >= 15 is 0 Å². The second kappa shape index (κ2) is 52.7. The van der Waals surface area contributed by atoms with Crippen LogP contribution in [0.25, 0.3) is 0 Å². The van der Waals surface area contributed by atoms with Gasteiger partial charge in [0.2, 0.25) is 5.91 Å². The quantitative estimate of drug-likeness (QED) is 0.0422. The van der Waals surface area contributed by atoms with E-state index in [2.05, 4.69) is 67.8 Å². The fraction of sp³-hybridized carbons (Fsp3) is 0.842. The van der Waals surface area contributed by atoms with Gasteiger partial charge in [-0.1, -0.05) is 281 Å². The van der Waals surface area contributed by atoms with Crippen LogP contribution in [0.4, 0.5) is 0 Å². The zero-order valence-corrected chi connectivity index (χ0v) is 41.2. The molecule has 2 unspecified atom stereocenters. The predicted molar refractivity (Wildman–Crippen MR) is 271 cm³/mol. The van der Waals surface area contributed by atoms with Crippen molar-refractivity contribution in [3.05, 3.63) is 48.6 Å². The molecular formula is C57H107NO3. The highest BCUT2D eigenvalue weighted by Gasteiger charge is 2.20. The molecule has 0 aliphatic carbocycles. The van der Waals surface area contributed by atoms with E-state index in [1.54, 1.807) is 0 Å². The molecule has 0 radical (unpaired) electrons. The molecule has 0 aliphatic heterocycles. The molecule has 4 nitrogen and oxygen atoms in total. The molecule has 358 valence electrons. The molecule has 3 N–H and O–H groups in total. The van der Waals surface area contributed by atoms with Gasteiger partial charge in [0.25, 0.3) is 0 Å². The van der Waals surface area contributed by atoms with E-state index in [1.807, 2.05) is 0 Å². The SMILES string of the molecule is CC/C=C\C/C=C\C/C=C\C/C=C\CCCCCCCCCCCCCCCCC(=O)NC(CO)C(O)CCCCCCCCCCCCCCCCCCCCCCCC. The molecule has 0 bridgehead atoms. The Kier molecular flexibility index (Phi) is 51.3. The lowest BCUT2D eigenvalue weighted by atomic mass is 10.0. The van der Waals surface area contributed by atoms with Crippen LogP contribution >= 0.6 is 0 Å². The third-order valence-electron chi connectivity index (χ3n) is 12.6. The summed E-state index contributed by atoms with van der Waals surface area (Å²) in [6.07, 6.45) is 72.3. The van der Waals surface area contributed by atoms with Gasteiger partial charge in [0.1, 0.15) is 0 Å². The molecule has 0 saturated carbocycles. The van der Waals surface area contributed by atoms with E-state index < -0.39 is 12.1 Å². The number of nitrogens with one attached hydrogen (secondary N) is 1. The van der Waals surface area contributed by atoms with Gasteiger partial charge in [-0.15, -0.1) is 0 Å². The predicted octanol–water partition coefficient (Wildman–Crippen LogP) is 17.9. The van der Waals surface area contributed by atoms with E-state index in [0.717, 1.165) is 51.4 Å². The maximum absolute atomic E-state index is 12.5. The van der Waals surface area contributed by atoms with Gasteiger partial charge in [-0.3, -0.25) is 4.79 Å². The molecule has 1 amide bonds. The van der Waals surface area contributed by atoms with Gasteiger partial charge in [-0.05, 0) is 51.4 Å². The van der Waals surface area contributed by atoms with E-state index in [9.17, 15) is 15.0 Å². The second-order valence-corrected chi connectivity index (χ2v) is 18.6. The standard InChI is InChI=1S/C57H107NO3/c1-3-5-7-9-11-13-15-17-19-21-23-25-27-28-29-30-31-33-35-37-39-41-43-45-47-49-51-53-57(61)58-55(54-59)56(60)52-50-48-46-44-42-40-38-36-34-32-26-24-22-20-18-16-14-12-10-8-6-4-2/h5,7,11,13,17,19,23,25,55-56,59-60H,3-4,6,8-10,12,14-16,18,20-22,24,26-54H2,1-2H3,(H,58,61)/b7-5-,13-11-,19-17-,25-23-. The third kappa shape index (κ3) is 49.2. The summed E-state index contributed by atoms with van der Waals surface area (Å²) in [6.45, 7) is 4.27. The summed E-state index contributed by atoms with van der Waals surface area (Å²) in [5.74, 6) is -0.0296. The molecule has 0 fully saturated rings. The number of carbonyl (C=O) groups excluding carboxylic acids is 1. The van der Waals surface area contributed by atoms with E-state index in [4.69, 9.17) is 0 Å². The Morgan fingerprint density at radius 3 is 1.08 bits per heavy atom. The van der Waals surface area contributed by atoms with Crippen LogP contribution in [0, 0.1) is 0 Å². The smallest absolute Gasteiger partial charge is 0.220 e. The molecule has 0 rings (SSSR count). The minimum atomic E-state index is -0.661. The van der Waals surface area contributed by atoms with Gasteiger partial charge < -0.3 is 15.5 Å². The molecule has 61 heavy (non-hydrogen) atoms. The van der Waals surface area contributed by atoms with Crippen molar-refractivity contribution < 1.29 is 15.0 Å². The minimum absolute atomic E-state index is 0.0296. The number of carbonyl (C=O) groups is 1. The Bertz CT molecular complexity index is 970. The first-order valence-corrected chi connectivity index (χ1v) is 27.3. The monoisotopic (exact) mass is 854 g/mol. The Labute approximate surface area is 382 Å². The zero-order valence-electron chi connectivity index (χ0n) is 41.2. The fourth-order valence-electron chi connectivity index (χ4n) is 8.47. The molecule has 4 heteroatoms. The summed E-state index contributed by atoms with van der Waals surface area (Å²) in [7, 11) is 0. The molecule has 0 aromatic carbocycles. The highest BCUT2D eigenvalue weighted by atomic mass is 16.3. The molecule has 0 aliphatic rings. The minimum Gasteiger partial charge on any atom is -0.394 e. The van der Waals surface area contributed by atoms with Crippen LogP contribution in [0.3, 0.4) is 0 Å². The third-order valence-corrected chi connectivity index (χ3v) is 12.6. The van der Waals surface area contributed by atoms with Crippen LogP contribution in [0.15, 0.2) is 48.6 Å². The maximum Gasteiger partial charge on any atom is 0.220 e. The number of amides is 1. The zero-order chi connectivity index (χ0) is 44.2. The Hall–Kier alpha value is -1.65. The van der Waals surface area contributed by atoms with Crippen molar-refractivity contribution in [2.75, 3.05) is 6.61 Å². The van der Waals surface area contributed by atoms with Crippen LogP contribution in [0.1, 0.15) is 290 Å². The van der Waals surface area contributed by atoms with Gasteiger partial charge in [0.15, 0.2) is 0 Å². The molecule has 0 aromatic rings. The van der Waals surface area contributed by atoms with Crippen molar-refractivity contribution in [1.82, 2.24) is 5.32 Å². The number of hydrogen-bond acceptors (Lipinski definition) is 3. The summed E-state index contributed by atoms with van der Waals surface area (Å²) >= 11 is 0. The molecular weight excluding hydrogens is 747 g/mol. The molecule has 2 atom stereocenters. The number of rotatable bonds is 50. The van der Waals surface area contributed by atoms with Crippen molar-refractivity contribution in [1.29, 1.82) is 0 Å². The fourth-order valence-corrected chi connectivity index (χ4v) is 8.47. The Morgan fingerprint density at radius 1 is 0.410 bits per heavy atom.